The average Bonchev–Trinajstić information content (AvgIpc) is 3.16. The Hall–Kier alpha value is -2.80. The van der Waals surface area contributed by atoms with Crippen molar-refractivity contribution in [3.63, 3.8) is 0 Å². The first-order valence-corrected chi connectivity index (χ1v) is 8.95. The minimum Gasteiger partial charge on any atom is -0.493 e. The summed E-state index contributed by atoms with van der Waals surface area (Å²) in [7, 11) is 3.23. The Bertz CT molecular complexity index is 969. The van der Waals surface area contributed by atoms with Gasteiger partial charge in [-0.2, -0.15) is 0 Å². The molecular formula is C19H19ClN4O3. The van der Waals surface area contributed by atoms with Crippen LogP contribution >= 0.6 is 11.6 Å². The zero-order valence-corrected chi connectivity index (χ0v) is 15.8. The van der Waals surface area contributed by atoms with E-state index in [9.17, 15) is 0 Å². The van der Waals surface area contributed by atoms with Crippen LogP contribution < -0.4 is 19.1 Å². The second kappa shape index (κ2) is 7.44. The van der Waals surface area contributed by atoms with E-state index in [0.29, 0.717) is 28.8 Å². The molecule has 1 aromatic carbocycles. The molecule has 1 atom stereocenters. The van der Waals surface area contributed by atoms with E-state index in [2.05, 4.69) is 19.9 Å². The largest absolute Gasteiger partial charge is 0.493 e. The summed E-state index contributed by atoms with van der Waals surface area (Å²) in [5, 5.41) is 1.43. The zero-order chi connectivity index (χ0) is 18.8. The van der Waals surface area contributed by atoms with Crippen LogP contribution in [0.3, 0.4) is 0 Å². The molecule has 3 aromatic rings. The minimum absolute atomic E-state index is 0.0232. The lowest BCUT2D eigenvalue weighted by molar-refractivity contribution is 0.225. The van der Waals surface area contributed by atoms with Crippen molar-refractivity contribution in [2.45, 2.75) is 12.5 Å². The van der Waals surface area contributed by atoms with E-state index in [0.717, 1.165) is 29.7 Å². The smallest absolute Gasteiger partial charge is 0.162 e. The zero-order valence-electron chi connectivity index (χ0n) is 15.1. The average molecular weight is 387 g/mol. The van der Waals surface area contributed by atoms with E-state index < -0.39 is 0 Å². The summed E-state index contributed by atoms with van der Waals surface area (Å²) in [5.41, 5.74) is 0.805. The predicted octanol–water partition coefficient (Wildman–Crippen LogP) is 3.35. The number of pyridine rings is 1. The monoisotopic (exact) mass is 386 g/mol. The molecule has 2 aromatic heterocycles. The lowest BCUT2D eigenvalue weighted by Crippen LogP contribution is -2.25. The van der Waals surface area contributed by atoms with Gasteiger partial charge in [0.2, 0.25) is 0 Å². The van der Waals surface area contributed by atoms with Gasteiger partial charge in [0.25, 0.3) is 0 Å². The molecule has 1 saturated heterocycles. The number of benzene rings is 1. The van der Waals surface area contributed by atoms with Crippen molar-refractivity contribution in [2.75, 3.05) is 32.2 Å². The summed E-state index contributed by atoms with van der Waals surface area (Å²) >= 11 is 6.15. The van der Waals surface area contributed by atoms with Crippen molar-refractivity contribution in [2.24, 2.45) is 0 Å². The van der Waals surface area contributed by atoms with E-state index in [1.807, 2.05) is 12.1 Å². The Morgan fingerprint density at radius 1 is 1.11 bits per heavy atom. The lowest BCUT2D eigenvalue weighted by atomic mass is 10.2. The number of hydrogen-bond donors (Lipinski definition) is 0. The molecule has 1 aliphatic heterocycles. The van der Waals surface area contributed by atoms with Crippen LogP contribution in [-0.4, -0.2) is 48.4 Å². The summed E-state index contributed by atoms with van der Waals surface area (Å²) in [4.78, 5) is 15.0. The van der Waals surface area contributed by atoms with Gasteiger partial charge >= 0.3 is 0 Å². The van der Waals surface area contributed by atoms with Crippen LogP contribution in [0.1, 0.15) is 6.42 Å². The molecule has 0 saturated carbocycles. The fraction of sp³-hybridized carbons (Fsp3) is 0.316. The van der Waals surface area contributed by atoms with Gasteiger partial charge in [0.15, 0.2) is 11.5 Å². The Labute approximate surface area is 161 Å². The molecule has 0 bridgehead atoms. The van der Waals surface area contributed by atoms with Crippen molar-refractivity contribution in [1.29, 1.82) is 0 Å². The molecule has 27 heavy (non-hydrogen) atoms. The van der Waals surface area contributed by atoms with Crippen molar-refractivity contribution < 1.29 is 14.2 Å². The van der Waals surface area contributed by atoms with E-state index >= 15 is 0 Å². The minimum atomic E-state index is 0.0232. The Morgan fingerprint density at radius 3 is 2.70 bits per heavy atom. The maximum Gasteiger partial charge on any atom is 0.162 e. The standard InChI is InChI=1S/C19H19ClN4O3/c1-25-17-7-13-15(8-18(17)26-2)22-11-23-19(13)24-6-4-12(10-24)27-16-3-5-21-9-14(16)20/h3,5,7-9,11-12H,4,6,10H2,1-2H3. The molecule has 7 nitrogen and oxygen atoms in total. The van der Waals surface area contributed by atoms with Gasteiger partial charge < -0.3 is 19.1 Å². The second-order valence-corrected chi connectivity index (χ2v) is 6.61. The van der Waals surface area contributed by atoms with Crippen LogP contribution in [-0.2, 0) is 0 Å². The Morgan fingerprint density at radius 2 is 1.93 bits per heavy atom. The van der Waals surface area contributed by atoms with Gasteiger partial charge in [-0.05, 0) is 6.07 Å². The highest BCUT2D eigenvalue weighted by Crippen LogP contribution is 2.36. The molecule has 3 heterocycles. The molecule has 0 aliphatic carbocycles. The van der Waals surface area contributed by atoms with Gasteiger partial charge in [0, 0.05) is 42.9 Å². The maximum absolute atomic E-state index is 6.15. The maximum atomic E-state index is 6.15. The van der Waals surface area contributed by atoms with Crippen molar-refractivity contribution in [1.82, 2.24) is 15.0 Å². The molecule has 0 N–H and O–H groups in total. The van der Waals surface area contributed by atoms with Crippen molar-refractivity contribution in [3.8, 4) is 17.2 Å². The fourth-order valence-corrected chi connectivity index (χ4v) is 3.44. The van der Waals surface area contributed by atoms with Crippen LogP contribution in [0.15, 0.2) is 36.9 Å². The Kier molecular flexibility index (Phi) is 4.85. The normalized spacial score (nSPS) is 16.6. The third-order valence-electron chi connectivity index (χ3n) is 4.59. The second-order valence-electron chi connectivity index (χ2n) is 6.20. The third-order valence-corrected chi connectivity index (χ3v) is 4.88. The van der Waals surface area contributed by atoms with Crippen molar-refractivity contribution >= 4 is 28.3 Å². The topological polar surface area (TPSA) is 69.6 Å². The summed E-state index contributed by atoms with van der Waals surface area (Å²) < 4.78 is 16.8. The molecular weight excluding hydrogens is 368 g/mol. The van der Waals surface area contributed by atoms with Gasteiger partial charge in [-0.25, -0.2) is 9.97 Å². The molecule has 1 fully saturated rings. The first kappa shape index (κ1) is 17.6. The molecule has 0 amide bonds. The number of anilines is 1. The van der Waals surface area contributed by atoms with Gasteiger partial charge in [-0.15, -0.1) is 0 Å². The third kappa shape index (κ3) is 3.42. The van der Waals surface area contributed by atoms with Gasteiger partial charge in [0.05, 0.1) is 26.3 Å². The molecule has 0 spiro atoms. The highest BCUT2D eigenvalue weighted by Gasteiger charge is 2.27. The number of hydrogen-bond acceptors (Lipinski definition) is 7. The first-order chi connectivity index (χ1) is 13.2. The summed E-state index contributed by atoms with van der Waals surface area (Å²) in [6.45, 7) is 1.53. The first-order valence-electron chi connectivity index (χ1n) is 8.57. The summed E-state index contributed by atoms with van der Waals surface area (Å²) in [6.07, 6.45) is 5.72. The van der Waals surface area contributed by atoms with E-state index in [1.54, 1.807) is 39.0 Å². The highest BCUT2D eigenvalue weighted by molar-refractivity contribution is 6.31. The Balaban J connectivity index is 1.60. The molecule has 1 unspecified atom stereocenters. The number of ether oxygens (including phenoxy) is 3. The molecule has 4 rings (SSSR count). The number of aromatic nitrogens is 3. The van der Waals surface area contributed by atoms with Crippen LogP contribution in [0.2, 0.25) is 5.02 Å². The van der Waals surface area contributed by atoms with E-state index in [-0.39, 0.29) is 6.10 Å². The summed E-state index contributed by atoms with van der Waals surface area (Å²) in [6, 6.07) is 5.56. The fourth-order valence-electron chi connectivity index (χ4n) is 3.28. The number of halogens is 1. The van der Waals surface area contributed by atoms with Crippen LogP contribution in [0.5, 0.6) is 17.2 Å². The van der Waals surface area contributed by atoms with Crippen LogP contribution in [0.4, 0.5) is 5.82 Å². The van der Waals surface area contributed by atoms with Gasteiger partial charge in [-0.1, -0.05) is 11.6 Å². The number of nitrogens with zero attached hydrogens (tertiary/aromatic N) is 4. The van der Waals surface area contributed by atoms with Crippen LogP contribution in [0, 0.1) is 0 Å². The predicted molar refractivity (Wildman–Crippen MR) is 103 cm³/mol. The van der Waals surface area contributed by atoms with Gasteiger partial charge in [-0.3, -0.25) is 4.98 Å². The number of fused-ring (bicyclic) bond motifs is 1. The number of rotatable bonds is 5. The molecule has 0 radical (unpaired) electrons. The summed E-state index contributed by atoms with van der Waals surface area (Å²) in [5.74, 6) is 2.80. The van der Waals surface area contributed by atoms with E-state index in [4.69, 9.17) is 25.8 Å². The van der Waals surface area contributed by atoms with Crippen molar-refractivity contribution in [3.05, 3.63) is 41.9 Å². The van der Waals surface area contributed by atoms with E-state index in [1.165, 1.54) is 0 Å². The van der Waals surface area contributed by atoms with Crippen LogP contribution in [0.25, 0.3) is 10.9 Å². The number of methoxy groups -OCH3 is 2. The van der Waals surface area contributed by atoms with Gasteiger partial charge in [0.1, 0.15) is 29.0 Å². The SMILES string of the molecule is COc1cc2ncnc(N3CCC(Oc4ccncc4Cl)C3)c2cc1OC. The molecule has 1 aliphatic rings. The molecule has 8 heteroatoms. The highest BCUT2D eigenvalue weighted by atomic mass is 35.5. The quantitative estimate of drug-likeness (QED) is 0.665. The molecule has 140 valence electrons. The lowest BCUT2D eigenvalue weighted by Gasteiger charge is -2.20.